The van der Waals surface area contributed by atoms with Crippen molar-refractivity contribution < 1.29 is 0 Å². The summed E-state index contributed by atoms with van der Waals surface area (Å²) < 4.78 is 2.60. The zero-order chi connectivity index (χ0) is 81.0. The van der Waals surface area contributed by atoms with E-state index in [0.29, 0.717) is 0 Å². The predicted molar refractivity (Wildman–Crippen MR) is 515 cm³/mol. The number of hydrogen-bond acceptors (Lipinski definition) is 2. The Morgan fingerprint density at radius 1 is 0.217 bits per heavy atom. The molecule has 0 aliphatic carbocycles. The predicted octanol–water partition coefficient (Wildman–Crippen LogP) is 30.1. The van der Waals surface area contributed by atoms with Gasteiger partial charge in [-0.3, -0.25) is 0 Å². The number of fused-ring (bicyclic) bond motifs is 5. The summed E-state index contributed by atoms with van der Waals surface area (Å²) in [4.78, 5) is 5.51. The topological polar surface area (TPSA) is 11.4 Å². The van der Waals surface area contributed by atoms with Crippen LogP contribution in [0, 0.1) is 0 Å². The average Bonchev–Trinajstić information content (AvgIpc) is 0.994. The molecule has 572 valence electrons. The van der Waals surface area contributed by atoms with Crippen LogP contribution in [0.25, 0.3) is 160 Å². The number of nitrogens with zero attached hydrogens (tertiary/aromatic N) is 3. The Balaban J connectivity index is 0.901. The van der Waals surface area contributed by atoms with Crippen LogP contribution >= 0.6 is 0 Å². The van der Waals surface area contributed by atoms with Crippen LogP contribution in [0.1, 0.15) is 79.0 Å². The van der Waals surface area contributed by atoms with Crippen LogP contribution in [0.15, 0.2) is 382 Å². The van der Waals surface area contributed by atoms with Crippen LogP contribution in [0.4, 0.5) is 34.1 Å². The largest absolute Gasteiger partial charge is 0.310 e. The molecule has 1 aromatic heterocycles. The highest BCUT2D eigenvalue weighted by molar-refractivity contribution is 7.00. The second-order valence-electron chi connectivity index (χ2n) is 36.4. The molecule has 120 heavy (non-hydrogen) atoms. The first-order valence-corrected chi connectivity index (χ1v) is 42.5. The van der Waals surface area contributed by atoms with Gasteiger partial charge in [-0.05, 0) is 226 Å². The van der Waals surface area contributed by atoms with Gasteiger partial charge in [0.2, 0.25) is 0 Å². The van der Waals surface area contributed by atoms with Crippen LogP contribution in [0.3, 0.4) is 0 Å². The first-order valence-electron chi connectivity index (χ1n) is 42.5. The molecule has 2 aliphatic rings. The normalized spacial score (nSPS) is 12.8. The molecule has 0 N–H and O–H groups in total. The Morgan fingerprint density at radius 2 is 0.542 bits per heavy atom. The molecule has 19 aromatic carbocycles. The highest BCUT2D eigenvalue weighted by atomic mass is 15.2. The first kappa shape index (κ1) is 72.4. The van der Waals surface area contributed by atoms with Gasteiger partial charge in [-0.1, -0.05) is 378 Å². The van der Waals surface area contributed by atoms with E-state index >= 15 is 0 Å². The Bertz CT molecular complexity index is 7120. The summed E-state index contributed by atoms with van der Waals surface area (Å²) in [7, 11) is 0. The molecule has 4 heteroatoms. The van der Waals surface area contributed by atoms with E-state index in [9.17, 15) is 0 Å². The van der Waals surface area contributed by atoms with E-state index in [2.05, 4.69) is 459 Å². The molecule has 0 saturated carbocycles. The van der Waals surface area contributed by atoms with E-state index in [0.717, 1.165) is 107 Å². The Morgan fingerprint density at radius 3 is 0.925 bits per heavy atom. The van der Waals surface area contributed by atoms with Gasteiger partial charge in [0, 0.05) is 61.5 Å². The maximum Gasteiger partial charge on any atom is 0.252 e. The van der Waals surface area contributed by atoms with Crippen molar-refractivity contribution in [2.24, 2.45) is 0 Å². The van der Waals surface area contributed by atoms with Gasteiger partial charge in [-0.2, -0.15) is 0 Å². The minimum absolute atomic E-state index is 0.126. The molecule has 0 spiro atoms. The second-order valence-corrected chi connectivity index (χ2v) is 36.4. The number of benzene rings is 19. The van der Waals surface area contributed by atoms with Crippen LogP contribution in [-0.4, -0.2) is 11.3 Å². The Kier molecular flexibility index (Phi) is 16.8. The fourth-order valence-corrected chi connectivity index (χ4v) is 19.8. The molecule has 22 rings (SSSR count). The Hall–Kier alpha value is -14.1. The highest BCUT2D eigenvalue weighted by Crippen LogP contribution is 2.56. The lowest BCUT2D eigenvalue weighted by molar-refractivity contribution is 0.569. The van der Waals surface area contributed by atoms with Crippen molar-refractivity contribution >= 4 is 111 Å². The van der Waals surface area contributed by atoms with Gasteiger partial charge in [0.1, 0.15) is 0 Å². The zero-order valence-corrected chi connectivity index (χ0v) is 69.3. The van der Waals surface area contributed by atoms with Gasteiger partial charge < -0.3 is 14.4 Å². The summed E-state index contributed by atoms with van der Waals surface area (Å²) in [6, 6.07) is 146. The third kappa shape index (κ3) is 11.9. The summed E-state index contributed by atoms with van der Waals surface area (Å²) in [5, 5.41) is 10.3. The van der Waals surface area contributed by atoms with Gasteiger partial charge in [0.05, 0.1) is 22.4 Å². The molecule has 20 aromatic rings. The number of para-hydroxylation sites is 2. The lowest BCUT2D eigenvalue weighted by Gasteiger charge is -2.46. The maximum atomic E-state index is 2.76. The molecular formula is C116H90BN3. The SMILES string of the molecule is CC(C)(C)c1cc(-c2ccc3c(c2)N(c2c(-c4cccc(-c5ccccc5)c4)cccc2-c2cccc(-c4ccccc4)c2)c2cc(C(C)(C)C)cc4c2B3c2ccc(-n3c5ccc6cccc7c8cccc9ccc3c(c98)c5c67)cc2N4c2c(-c3cccc(-c4ccccc4)c3)cccc2-c2cccc(-c3ccccc3)c2)cc(C(C)(C)C)c1. The van der Waals surface area contributed by atoms with Crippen molar-refractivity contribution in [1.82, 2.24) is 4.57 Å². The van der Waals surface area contributed by atoms with E-state index in [1.54, 1.807) is 0 Å². The van der Waals surface area contributed by atoms with Crippen molar-refractivity contribution in [2.45, 2.75) is 78.6 Å². The standard InChI is InChI=1S/C116H90BN3/c1-114(2,3)89-66-88(67-90(69-89)115(4,5)6)83-54-58-99-103(68-83)119(112-93(84-44-22-40-79(62-84)73-30-14-10-15-31-73)48-28-49-94(112)85-45-23-41-80(63-85)74-32-16-11-17-33-74)105-70-91(116(7,8)9)71-106-111(105)117(99)100-59-57-92(118-101-60-55-77-38-26-52-97-98-53-27-39-78-56-61-102(118)110(108(78)98)109(101)107(77)97)72-104(100)120(106)113-95(86-46-24-42-81(64-86)75-34-18-12-19-35-75)50-29-51-96(113)87-47-25-43-82(65-87)76-36-20-13-21-37-76/h10-72H,1-9H3. The minimum atomic E-state index is -0.384. The van der Waals surface area contributed by atoms with E-state index in [4.69, 9.17) is 0 Å². The summed E-state index contributed by atoms with van der Waals surface area (Å²) >= 11 is 0. The first-order chi connectivity index (χ1) is 58.4. The molecular weight excluding hydrogens is 1450 g/mol. The van der Waals surface area contributed by atoms with Gasteiger partial charge in [-0.15, -0.1) is 0 Å². The summed E-state index contributed by atoms with van der Waals surface area (Å²) in [6.45, 7) is 21.1. The van der Waals surface area contributed by atoms with Gasteiger partial charge >= 0.3 is 0 Å². The van der Waals surface area contributed by atoms with Gasteiger partial charge in [0.15, 0.2) is 0 Å². The van der Waals surface area contributed by atoms with E-state index in [-0.39, 0.29) is 23.0 Å². The summed E-state index contributed by atoms with van der Waals surface area (Å²) in [5.41, 5.74) is 37.8. The van der Waals surface area contributed by atoms with Crippen LogP contribution in [0.2, 0.25) is 0 Å². The molecule has 0 bridgehead atoms. The van der Waals surface area contributed by atoms with Gasteiger partial charge in [0.25, 0.3) is 6.71 Å². The smallest absolute Gasteiger partial charge is 0.252 e. The molecule has 0 radical (unpaired) electrons. The molecule has 0 unspecified atom stereocenters. The Labute approximate surface area is 704 Å². The lowest BCUT2D eigenvalue weighted by atomic mass is 9.33. The highest BCUT2D eigenvalue weighted by Gasteiger charge is 2.47. The van der Waals surface area contributed by atoms with E-state index in [1.165, 1.54) is 121 Å². The van der Waals surface area contributed by atoms with E-state index < -0.39 is 0 Å². The molecule has 0 saturated heterocycles. The minimum Gasteiger partial charge on any atom is -0.310 e. The quantitative estimate of drug-likeness (QED) is 0.0686. The zero-order valence-electron chi connectivity index (χ0n) is 69.3. The molecule has 0 atom stereocenters. The molecule has 0 amide bonds. The van der Waals surface area contributed by atoms with Crippen molar-refractivity contribution in [3.63, 3.8) is 0 Å². The average molecular weight is 1540 g/mol. The van der Waals surface area contributed by atoms with Gasteiger partial charge in [-0.25, -0.2) is 0 Å². The maximum absolute atomic E-state index is 2.76. The summed E-state index contributed by atoms with van der Waals surface area (Å²) in [5.74, 6) is 0. The van der Waals surface area contributed by atoms with Crippen molar-refractivity contribution in [2.75, 3.05) is 9.80 Å². The fraction of sp³-hybridized carbons (Fsp3) is 0.103. The van der Waals surface area contributed by atoms with E-state index in [1.807, 2.05) is 0 Å². The van der Waals surface area contributed by atoms with Crippen LogP contribution in [-0.2, 0) is 16.2 Å². The molecule has 3 heterocycles. The van der Waals surface area contributed by atoms with Crippen LogP contribution in [0.5, 0.6) is 0 Å². The second kappa shape index (κ2) is 27.8. The molecule has 0 fully saturated rings. The monoisotopic (exact) mass is 1540 g/mol. The van der Waals surface area contributed by atoms with Crippen molar-refractivity contribution in [3.05, 3.63) is 399 Å². The van der Waals surface area contributed by atoms with Crippen molar-refractivity contribution in [3.8, 4) is 106 Å². The number of rotatable bonds is 12. The molecule has 2 aliphatic heterocycles. The third-order valence-electron chi connectivity index (χ3n) is 25.9. The summed E-state index contributed by atoms with van der Waals surface area (Å²) in [6.07, 6.45) is 0. The fourth-order valence-electron chi connectivity index (χ4n) is 19.8. The number of aromatic nitrogens is 1. The number of anilines is 6. The van der Waals surface area contributed by atoms with Crippen LogP contribution < -0.4 is 26.2 Å². The molecule has 3 nitrogen and oxygen atoms in total. The lowest BCUT2D eigenvalue weighted by Crippen LogP contribution is -2.61. The van der Waals surface area contributed by atoms with Crippen molar-refractivity contribution in [1.29, 1.82) is 0 Å². The number of hydrogen-bond donors (Lipinski definition) is 0. The third-order valence-corrected chi connectivity index (χ3v) is 25.9.